The van der Waals surface area contributed by atoms with Gasteiger partial charge in [-0.05, 0) is 30.7 Å². The van der Waals surface area contributed by atoms with Gasteiger partial charge in [0.05, 0.1) is 5.52 Å². The fourth-order valence-electron chi connectivity index (χ4n) is 2.28. The zero-order valence-corrected chi connectivity index (χ0v) is 12.1. The number of fused-ring (bicyclic) bond motifs is 1. The van der Waals surface area contributed by atoms with Crippen molar-refractivity contribution in [1.29, 1.82) is 0 Å². The number of ether oxygens (including phenoxy) is 1. The van der Waals surface area contributed by atoms with Crippen molar-refractivity contribution in [2.24, 2.45) is 0 Å². The standard InChI is InChI=1S/C18H15NO3/c1-12-7-8-15-14(9-12)10-16(17(19-15)18(20)21)22-11-13-5-3-2-4-6-13/h2-10H,11H2,1H3,(H,20,21). The maximum atomic E-state index is 11.4. The zero-order chi connectivity index (χ0) is 15.5. The van der Waals surface area contributed by atoms with Crippen molar-refractivity contribution < 1.29 is 14.6 Å². The summed E-state index contributed by atoms with van der Waals surface area (Å²) in [5, 5.41) is 10.2. The number of rotatable bonds is 4. The van der Waals surface area contributed by atoms with Crippen molar-refractivity contribution in [3.05, 3.63) is 71.4 Å². The van der Waals surface area contributed by atoms with Crippen LogP contribution in [-0.4, -0.2) is 16.1 Å². The summed E-state index contributed by atoms with van der Waals surface area (Å²) in [5.41, 5.74) is 2.65. The summed E-state index contributed by atoms with van der Waals surface area (Å²) >= 11 is 0. The van der Waals surface area contributed by atoms with Crippen LogP contribution in [0.3, 0.4) is 0 Å². The third-order valence-electron chi connectivity index (χ3n) is 3.38. The molecule has 0 aliphatic heterocycles. The van der Waals surface area contributed by atoms with E-state index < -0.39 is 5.97 Å². The second-order valence-corrected chi connectivity index (χ2v) is 5.11. The van der Waals surface area contributed by atoms with Crippen LogP contribution in [0.5, 0.6) is 5.75 Å². The molecule has 22 heavy (non-hydrogen) atoms. The van der Waals surface area contributed by atoms with Gasteiger partial charge in [-0.2, -0.15) is 0 Å². The van der Waals surface area contributed by atoms with E-state index in [9.17, 15) is 9.90 Å². The van der Waals surface area contributed by atoms with Crippen molar-refractivity contribution in [1.82, 2.24) is 4.98 Å². The predicted octanol–water partition coefficient (Wildman–Crippen LogP) is 3.82. The first-order valence-electron chi connectivity index (χ1n) is 6.95. The van der Waals surface area contributed by atoms with Gasteiger partial charge in [0.2, 0.25) is 0 Å². The monoisotopic (exact) mass is 293 g/mol. The van der Waals surface area contributed by atoms with E-state index in [1.54, 1.807) is 6.07 Å². The Bertz CT molecular complexity index is 828. The molecule has 0 radical (unpaired) electrons. The number of hydrogen-bond donors (Lipinski definition) is 1. The molecule has 0 fully saturated rings. The number of carbonyl (C=O) groups is 1. The summed E-state index contributed by atoms with van der Waals surface area (Å²) < 4.78 is 5.69. The summed E-state index contributed by atoms with van der Waals surface area (Å²) in [7, 11) is 0. The number of hydrogen-bond acceptors (Lipinski definition) is 3. The summed E-state index contributed by atoms with van der Waals surface area (Å²) in [5.74, 6) is -0.806. The number of aromatic nitrogens is 1. The molecule has 110 valence electrons. The van der Waals surface area contributed by atoms with Crippen LogP contribution in [0, 0.1) is 6.92 Å². The fraction of sp³-hybridized carbons (Fsp3) is 0.111. The Morgan fingerprint density at radius 2 is 1.91 bits per heavy atom. The molecule has 1 heterocycles. The topological polar surface area (TPSA) is 59.4 Å². The van der Waals surface area contributed by atoms with E-state index in [1.807, 2.05) is 55.5 Å². The van der Waals surface area contributed by atoms with E-state index in [1.165, 1.54) is 0 Å². The molecule has 3 rings (SSSR count). The minimum Gasteiger partial charge on any atom is -0.486 e. The number of benzene rings is 2. The average molecular weight is 293 g/mol. The summed E-state index contributed by atoms with van der Waals surface area (Å²) in [6.45, 7) is 2.29. The quantitative estimate of drug-likeness (QED) is 0.794. The van der Waals surface area contributed by atoms with Crippen LogP contribution in [0.25, 0.3) is 10.9 Å². The molecule has 0 bridgehead atoms. The molecule has 0 saturated heterocycles. The Morgan fingerprint density at radius 3 is 2.64 bits per heavy atom. The lowest BCUT2D eigenvalue weighted by Crippen LogP contribution is -2.06. The molecule has 0 saturated carbocycles. The van der Waals surface area contributed by atoms with Gasteiger partial charge >= 0.3 is 5.97 Å². The van der Waals surface area contributed by atoms with Crippen LogP contribution in [0.1, 0.15) is 21.6 Å². The molecule has 0 aliphatic carbocycles. The van der Waals surface area contributed by atoms with E-state index in [0.717, 1.165) is 16.5 Å². The minimum absolute atomic E-state index is 0.0627. The molecule has 0 amide bonds. The maximum absolute atomic E-state index is 11.4. The van der Waals surface area contributed by atoms with Gasteiger partial charge in [0.1, 0.15) is 6.61 Å². The van der Waals surface area contributed by atoms with Gasteiger partial charge in [0.25, 0.3) is 0 Å². The smallest absolute Gasteiger partial charge is 0.358 e. The molecule has 0 atom stereocenters. The van der Waals surface area contributed by atoms with Crippen LogP contribution < -0.4 is 4.74 Å². The van der Waals surface area contributed by atoms with Crippen LogP contribution in [0.2, 0.25) is 0 Å². The molecule has 1 N–H and O–H groups in total. The molecule has 3 aromatic rings. The maximum Gasteiger partial charge on any atom is 0.358 e. The first kappa shape index (κ1) is 14.1. The molecule has 4 heteroatoms. The van der Waals surface area contributed by atoms with Gasteiger partial charge in [-0.15, -0.1) is 0 Å². The van der Waals surface area contributed by atoms with E-state index in [-0.39, 0.29) is 11.4 Å². The van der Waals surface area contributed by atoms with Gasteiger partial charge in [-0.1, -0.05) is 42.0 Å². The third kappa shape index (κ3) is 2.91. The van der Waals surface area contributed by atoms with Gasteiger partial charge in [0.15, 0.2) is 11.4 Å². The van der Waals surface area contributed by atoms with E-state index >= 15 is 0 Å². The Morgan fingerprint density at radius 1 is 1.14 bits per heavy atom. The van der Waals surface area contributed by atoms with Crippen molar-refractivity contribution in [3.8, 4) is 5.75 Å². The number of carboxylic acids is 1. The van der Waals surface area contributed by atoms with Crippen LogP contribution in [0.15, 0.2) is 54.6 Å². The number of aryl methyl sites for hydroxylation is 1. The second kappa shape index (κ2) is 5.85. The van der Waals surface area contributed by atoms with E-state index in [0.29, 0.717) is 12.1 Å². The Hall–Kier alpha value is -2.88. The van der Waals surface area contributed by atoms with E-state index in [2.05, 4.69) is 4.98 Å². The normalized spacial score (nSPS) is 10.6. The zero-order valence-electron chi connectivity index (χ0n) is 12.1. The summed E-state index contributed by atoms with van der Waals surface area (Å²) in [4.78, 5) is 15.6. The van der Waals surface area contributed by atoms with Gasteiger partial charge in [-0.3, -0.25) is 0 Å². The lowest BCUT2D eigenvalue weighted by atomic mass is 10.1. The molecular weight excluding hydrogens is 278 g/mol. The number of pyridine rings is 1. The number of nitrogens with zero attached hydrogens (tertiary/aromatic N) is 1. The van der Waals surface area contributed by atoms with Crippen LogP contribution in [-0.2, 0) is 6.61 Å². The van der Waals surface area contributed by atoms with Gasteiger partial charge < -0.3 is 9.84 Å². The fourth-order valence-corrected chi connectivity index (χ4v) is 2.28. The van der Waals surface area contributed by atoms with Crippen molar-refractivity contribution in [2.45, 2.75) is 13.5 Å². The first-order valence-corrected chi connectivity index (χ1v) is 6.95. The largest absolute Gasteiger partial charge is 0.486 e. The molecule has 0 spiro atoms. The lowest BCUT2D eigenvalue weighted by Gasteiger charge is -2.10. The van der Waals surface area contributed by atoms with Crippen LogP contribution in [0.4, 0.5) is 0 Å². The lowest BCUT2D eigenvalue weighted by molar-refractivity contribution is 0.0685. The highest BCUT2D eigenvalue weighted by atomic mass is 16.5. The second-order valence-electron chi connectivity index (χ2n) is 5.11. The molecule has 4 nitrogen and oxygen atoms in total. The Labute approximate surface area is 128 Å². The van der Waals surface area contributed by atoms with Crippen molar-refractivity contribution in [3.63, 3.8) is 0 Å². The molecule has 1 aromatic heterocycles. The predicted molar refractivity (Wildman–Crippen MR) is 84.2 cm³/mol. The molecule has 0 unspecified atom stereocenters. The molecule has 2 aromatic carbocycles. The van der Waals surface area contributed by atoms with Crippen LogP contribution >= 0.6 is 0 Å². The highest BCUT2D eigenvalue weighted by Gasteiger charge is 2.15. The van der Waals surface area contributed by atoms with E-state index in [4.69, 9.17) is 4.74 Å². The first-order chi connectivity index (χ1) is 10.6. The number of aromatic carboxylic acids is 1. The number of carboxylic acid groups (broad SMARTS) is 1. The van der Waals surface area contributed by atoms with Gasteiger partial charge in [-0.25, -0.2) is 9.78 Å². The van der Waals surface area contributed by atoms with Gasteiger partial charge in [0, 0.05) is 5.39 Å². The highest BCUT2D eigenvalue weighted by molar-refractivity contribution is 5.93. The molecular formula is C18H15NO3. The van der Waals surface area contributed by atoms with Crippen molar-refractivity contribution in [2.75, 3.05) is 0 Å². The minimum atomic E-state index is -1.09. The Balaban J connectivity index is 1.98. The SMILES string of the molecule is Cc1ccc2nc(C(=O)O)c(OCc3ccccc3)cc2c1. The average Bonchev–Trinajstić information content (AvgIpc) is 2.52. The van der Waals surface area contributed by atoms with Crippen molar-refractivity contribution >= 4 is 16.9 Å². The summed E-state index contributed by atoms with van der Waals surface area (Å²) in [6, 6.07) is 17.0. The Kier molecular flexibility index (Phi) is 3.74. The highest BCUT2D eigenvalue weighted by Crippen LogP contribution is 2.25. The third-order valence-corrected chi connectivity index (χ3v) is 3.38. The summed E-state index contributed by atoms with van der Waals surface area (Å²) in [6.07, 6.45) is 0. The molecule has 0 aliphatic rings.